The van der Waals surface area contributed by atoms with E-state index in [1.54, 1.807) is 6.92 Å². The smallest absolute Gasteiger partial charge is 0.319 e. The fraction of sp³-hybridized carbons (Fsp3) is 0.381. The van der Waals surface area contributed by atoms with Crippen molar-refractivity contribution >= 4 is 30.5 Å². The van der Waals surface area contributed by atoms with Crippen LogP contribution in [0.15, 0.2) is 107 Å². The fourth-order valence-electron chi connectivity index (χ4n) is 6.50. The zero-order valence-corrected chi connectivity index (χ0v) is 31.1. The van der Waals surface area contributed by atoms with Crippen molar-refractivity contribution in [1.29, 1.82) is 10.5 Å². The van der Waals surface area contributed by atoms with Crippen LogP contribution in [0.4, 0.5) is 5.69 Å². The van der Waals surface area contributed by atoms with Crippen LogP contribution in [-0.2, 0) is 4.74 Å². The summed E-state index contributed by atoms with van der Waals surface area (Å²) in [4.78, 5) is 2.49. The molecule has 1 aliphatic heterocycles. The van der Waals surface area contributed by atoms with E-state index < -0.39 is 13.9 Å². The van der Waals surface area contributed by atoms with E-state index in [0.717, 1.165) is 61.3 Å². The van der Waals surface area contributed by atoms with Gasteiger partial charge in [-0.1, -0.05) is 120 Å². The summed E-state index contributed by atoms with van der Waals surface area (Å²) < 4.78 is 13.8. The third-order valence-electron chi connectivity index (χ3n) is 9.16. The Morgan fingerprint density at radius 1 is 0.875 bits per heavy atom. The van der Waals surface area contributed by atoms with Gasteiger partial charge in [0.25, 0.3) is 0 Å². The van der Waals surface area contributed by atoms with Gasteiger partial charge in [-0.2, -0.15) is 10.5 Å². The van der Waals surface area contributed by atoms with Crippen molar-refractivity contribution in [3.05, 3.63) is 113 Å². The first-order valence-corrected chi connectivity index (χ1v) is 19.2. The van der Waals surface area contributed by atoms with Gasteiger partial charge in [-0.05, 0) is 61.2 Å². The van der Waals surface area contributed by atoms with Crippen molar-refractivity contribution in [1.82, 2.24) is 0 Å². The number of benzene rings is 3. The summed E-state index contributed by atoms with van der Waals surface area (Å²) in [6.45, 7) is 18.9. The maximum absolute atomic E-state index is 10.2. The minimum Gasteiger partial charge on any atom is -0.534 e. The highest BCUT2D eigenvalue weighted by Gasteiger charge is 2.52. The van der Waals surface area contributed by atoms with E-state index in [9.17, 15) is 10.5 Å². The van der Waals surface area contributed by atoms with Crippen LogP contribution in [0.2, 0.25) is 5.04 Å². The van der Waals surface area contributed by atoms with Crippen LogP contribution in [0.1, 0.15) is 86.6 Å². The van der Waals surface area contributed by atoms with Gasteiger partial charge in [0.1, 0.15) is 23.0 Å². The number of ether oxygens (including phenoxy) is 1. The largest absolute Gasteiger partial charge is 0.534 e. The Labute approximate surface area is 290 Å². The quantitative estimate of drug-likeness (QED) is 0.135. The Morgan fingerprint density at radius 2 is 1.44 bits per heavy atom. The topological polar surface area (TPSA) is 69.3 Å². The number of anilines is 1. The molecule has 0 unspecified atom stereocenters. The second kappa shape index (κ2) is 15.6. The molecule has 0 bridgehead atoms. The SMILES string of the molecule is CCCCN(CCCC)c1ccc(/C=C/C2=C(C#N)C(=C(/C)C#N)/OC2(C)C)c(O[Si](c2ccccc2)(c2ccccc2)C(C)(C)C)c1. The zero-order chi connectivity index (χ0) is 35.0. The number of allylic oxidation sites excluding steroid dienone is 2. The lowest BCUT2D eigenvalue weighted by atomic mass is 9.94. The van der Waals surface area contributed by atoms with Crippen molar-refractivity contribution in [2.75, 3.05) is 18.0 Å². The van der Waals surface area contributed by atoms with Gasteiger partial charge in [0, 0.05) is 36.0 Å². The van der Waals surface area contributed by atoms with Gasteiger partial charge in [-0.15, -0.1) is 0 Å². The molecule has 0 spiro atoms. The lowest BCUT2D eigenvalue weighted by Gasteiger charge is -2.43. The molecule has 0 aromatic heterocycles. The van der Waals surface area contributed by atoms with Crippen LogP contribution >= 0.6 is 0 Å². The Balaban J connectivity index is 1.98. The Kier molecular flexibility index (Phi) is 11.8. The van der Waals surface area contributed by atoms with Crippen LogP contribution in [0.5, 0.6) is 5.75 Å². The first-order chi connectivity index (χ1) is 22.9. The molecule has 0 aliphatic carbocycles. The lowest BCUT2D eigenvalue weighted by molar-refractivity contribution is 0.0949. The molecule has 0 saturated carbocycles. The molecule has 4 rings (SSSR count). The third kappa shape index (κ3) is 7.61. The number of hydrogen-bond acceptors (Lipinski definition) is 5. The Bertz CT molecular complexity index is 1690. The summed E-state index contributed by atoms with van der Waals surface area (Å²) in [5.74, 6) is 1.17. The molecule has 0 radical (unpaired) electrons. The average molecular weight is 658 g/mol. The molecule has 0 fully saturated rings. The standard InChI is InChI=1S/C42H51N3O2Si/c1-9-11-27-45(28-12-10-2)34-25-23-33(24-26-38-37(31-44)40(32(3)30-43)46-42(38,7)8)39(29-34)47-48(41(4,5)6,35-19-15-13-16-20-35)36-21-17-14-18-22-36/h13-26,29H,9-12,27-28H2,1-8H3/b26-24+,40-32+. The van der Waals surface area contributed by atoms with Gasteiger partial charge in [0.05, 0.1) is 11.6 Å². The van der Waals surface area contributed by atoms with E-state index in [0.29, 0.717) is 16.9 Å². The lowest BCUT2D eigenvalue weighted by Crippen LogP contribution is -2.68. The van der Waals surface area contributed by atoms with E-state index in [4.69, 9.17) is 9.16 Å². The maximum Gasteiger partial charge on any atom is 0.319 e. The molecule has 0 saturated heterocycles. The summed E-state index contributed by atoms with van der Waals surface area (Å²) in [5.41, 5.74) is 2.83. The van der Waals surface area contributed by atoms with Crippen LogP contribution < -0.4 is 19.7 Å². The second-order valence-electron chi connectivity index (χ2n) is 14.1. The van der Waals surface area contributed by atoms with Gasteiger partial charge in [0.2, 0.25) is 0 Å². The molecule has 48 heavy (non-hydrogen) atoms. The second-order valence-corrected chi connectivity index (χ2v) is 18.3. The van der Waals surface area contributed by atoms with Crippen LogP contribution in [0, 0.1) is 22.7 Å². The first-order valence-electron chi connectivity index (χ1n) is 17.3. The summed E-state index contributed by atoms with van der Waals surface area (Å²) in [7, 11) is -2.95. The molecule has 0 amide bonds. The summed E-state index contributed by atoms with van der Waals surface area (Å²) in [6, 6.07) is 32.5. The highest BCUT2D eigenvalue weighted by atomic mass is 28.4. The third-order valence-corrected chi connectivity index (χ3v) is 14.1. The predicted octanol–water partition coefficient (Wildman–Crippen LogP) is 9.47. The summed E-state index contributed by atoms with van der Waals surface area (Å²) >= 11 is 0. The Morgan fingerprint density at radius 3 is 1.92 bits per heavy atom. The maximum atomic E-state index is 10.2. The molecule has 1 aliphatic rings. The number of unbranched alkanes of at least 4 members (excludes halogenated alkanes) is 2. The van der Waals surface area contributed by atoms with E-state index >= 15 is 0 Å². The monoisotopic (exact) mass is 657 g/mol. The summed E-state index contributed by atoms with van der Waals surface area (Å²) in [6.07, 6.45) is 8.51. The van der Waals surface area contributed by atoms with Gasteiger partial charge < -0.3 is 14.1 Å². The van der Waals surface area contributed by atoms with Crippen LogP contribution in [0.3, 0.4) is 0 Å². The molecule has 0 N–H and O–H groups in total. The average Bonchev–Trinajstić information content (AvgIpc) is 3.35. The summed E-state index contributed by atoms with van der Waals surface area (Å²) in [5, 5.41) is 22.0. The molecule has 250 valence electrons. The number of hydrogen-bond donors (Lipinski definition) is 0. The van der Waals surface area contributed by atoms with Gasteiger partial charge in [0.15, 0.2) is 5.76 Å². The van der Waals surface area contributed by atoms with Crippen molar-refractivity contribution in [2.45, 2.75) is 91.7 Å². The zero-order valence-electron chi connectivity index (χ0n) is 30.1. The molecule has 0 atom stereocenters. The highest BCUT2D eigenvalue weighted by molar-refractivity contribution is 7.00. The van der Waals surface area contributed by atoms with Crippen molar-refractivity contribution in [3.8, 4) is 17.9 Å². The fourth-order valence-corrected chi connectivity index (χ4v) is 10.9. The number of rotatable bonds is 13. The van der Waals surface area contributed by atoms with Crippen molar-refractivity contribution in [2.24, 2.45) is 0 Å². The molecule has 5 nitrogen and oxygen atoms in total. The van der Waals surface area contributed by atoms with Gasteiger partial charge >= 0.3 is 8.32 Å². The van der Waals surface area contributed by atoms with Crippen molar-refractivity contribution in [3.63, 3.8) is 0 Å². The predicted molar refractivity (Wildman–Crippen MR) is 202 cm³/mol. The normalized spacial score (nSPS) is 15.5. The van der Waals surface area contributed by atoms with Gasteiger partial charge in [-0.25, -0.2) is 0 Å². The van der Waals surface area contributed by atoms with Crippen molar-refractivity contribution < 1.29 is 9.16 Å². The van der Waals surface area contributed by atoms with E-state index in [2.05, 4.69) is 131 Å². The first kappa shape index (κ1) is 36.3. The molecule has 3 aromatic carbocycles. The highest BCUT2D eigenvalue weighted by Crippen LogP contribution is 2.42. The molecular weight excluding hydrogens is 607 g/mol. The van der Waals surface area contributed by atoms with Gasteiger partial charge in [-0.3, -0.25) is 0 Å². The van der Waals surface area contributed by atoms with Crippen LogP contribution in [0.25, 0.3) is 6.08 Å². The Hall–Kier alpha value is -4.52. The van der Waals surface area contributed by atoms with E-state index in [-0.39, 0.29) is 5.04 Å². The van der Waals surface area contributed by atoms with Crippen LogP contribution in [-0.4, -0.2) is 27.0 Å². The van der Waals surface area contributed by atoms with E-state index in [1.807, 2.05) is 26.0 Å². The molecular formula is C42H51N3O2Si. The number of nitrogens with zero attached hydrogens (tertiary/aromatic N) is 3. The molecule has 6 heteroatoms. The van der Waals surface area contributed by atoms with E-state index in [1.165, 1.54) is 10.4 Å². The molecule has 1 heterocycles. The minimum atomic E-state index is -2.95. The molecule has 3 aromatic rings. The number of nitriles is 2. The minimum absolute atomic E-state index is 0.219.